The average Bonchev–Trinajstić information content (AvgIpc) is 3.16. The van der Waals surface area contributed by atoms with Crippen molar-refractivity contribution in [2.24, 2.45) is 0 Å². The van der Waals surface area contributed by atoms with Gasteiger partial charge < -0.3 is 29.6 Å². The standard InChI is InChI=1S/C24H32F5N2O7PS/c1-6-22(4,36-5)39(34,35)38-23(7-2,8-3)10-13-16(32)17(33)18(37-13)12-9-11-14(25)15(26)19(24(27,28)29)30-20(11)31-21(12)40/h9,13,16-18,32-33H,6-8,10H2,1-5H3,(H,34,35)(H,30,31,40). The summed E-state index contributed by atoms with van der Waals surface area (Å²) in [6.07, 6.45) is -10.7. The van der Waals surface area contributed by atoms with Crippen molar-refractivity contribution in [3.63, 3.8) is 0 Å². The van der Waals surface area contributed by atoms with Crippen LogP contribution in [0.3, 0.4) is 0 Å². The summed E-state index contributed by atoms with van der Waals surface area (Å²) in [6, 6.07) is 0.902. The third-order valence-electron chi connectivity index (χ3n) is 7.72. The van der Waals surface area contributed by atoms with Gasteiger partial charge in [0.2, 0.25) is 0 Å². The number of aromatic nitrogens is 2. The third-order valence-corrected chi connectivity index (χ3v) is 10.4. The van der Waals surface area contributed by atoms with Gasteiger partial charge in [0.1, 0.15) is 28.6 Å². The number of H-pyrrole nitrogens is 1. The lowest BCUT2D eigenvalue weighted by atomic mass is 9.88. The Bertz CT molecular complexity index is 1350. The summed E-state index contributed by atoms with van der Waals surface area (Å²) in [5.41, 5.74) is -4.18. The molecule has 0 radical (unpaired) electrons. The fraction of sp³-hybridized carbons (Fsp3) is 0.667. The molecule has 9 nitrogen and oxygen atoms in total. The number of aliphatic hydroxyl groups is 2. The number of pyridine rings is 2. The summed E-state index contributed by atoms with van der Waals surface area (Å²) in [4.78, 5) is 16.2. The van der Waals surface area contributed by atoms with Crippen molar-refractivity contribution >= 4 is 30.8 Å². The summed E-state index contributed by atoms with van der Waals surface area (Å²) in [7, 11) is -3.12. The number of halogens is 5. The lowest BCUT2D eigenvalue weighted by Gasteiger charge is -2.40. The summed E-state index contributed by atoms with van der Waals surface area (Å²) in [5, 5.41) is 19.4. The van der Waals surface area contributed by atoms with E-state index < -0.39 is 77.5 Å². The molecule has 0 spiro atoms. The van der Waals surface area contributed by atoms with Crippen molar-refractivity contribution in [1.82, 2.24) is 9.97 Å². The molecule has 16 heteroatoms. The summed E-state index contributed by atoms with van der Waals surface area (Å²) in [5.74, 6) is -4.05. The van der Waals surface area contributed by atoms with Gasteiger partial charge in [0, 0.05) is 19.1 Å². The smallest absolute Gasteiger partial charge is 0.388 e. The maximum atomic E-state index is 14.7. The lowest BCUT2D eigenvalue weighted by Crippen LogP contribution is -2.42. The molecule has 1 fully saturated rings. The summed E-state index contributed by atoms with van der Waals surface area (Å²) >= 11 is 5.18. The van der Waals surface area contributed by atoms with Crippen LogP contribution in [-0.4, -0.2) is 61.4 Å². The van der Waals surface area contributed by atoms with Gasteiger partial charge in [-0.1, -0.05) is 33.0 Å². The minimum absolute atomic E-state index is 0.137. The first-order valence-corrected chi connectivity index (χ1v) is 14.5. The van der Waals surface area contributed by atoms with Gasteiger partial charge in [0.25, 0.3) is 0 Å². The maximum absolute atomic E-state index is 14.7. The predicted octanol–water partition coefficient (Wildman–Crippen LogP) is 5.67. The number of methoxy groups -OCH3 is 1. The van der Waals surface area contributed by atoms with Crippen LogP contribution in [0.1, 0.15) is 70.7 Å². The molecule has 6 unspecified atom stereocenters. The number of aliphatic hydroxyl groups excluding tert-OH is 2. The van der Waals surface area contributed by atoms with E-state index in [4.69, 9.17) is 26.2 Å². The highest BCUT2D eigenvalue weighted by Gasteiger charge is 2.52. The van der Waals surface area contributed by atoms with Gasteiger partial charge in [0.15, 0.2) is 22.7 Å². The second-order valence-corrected chi connectivity index (χ2v) is 12.5. The molecular formula is C24H32F5N2O7PS. The van der Waals surface area contributed by atoms with Crippen LogP contribution in [0, 0.1) is 16.3 Å². The third kappa shape index (κ3) is 5.84. The molecule has 0 amide bonds. The van der Waals surface area contributed by atoms with Crippen molar-refractivity contribution in [2.75, 3.05) is 7.11 Å². The highest BCUT2D eigenvalue weighted by Crippen LogP contribution is 2.61. The van der Waals surface area contributed by atoms with Gasteiger partial charge in [-0.25, -0.2) is 13.8 Å². The van der Waals surface area contributed by atoms with Gasteiger partial charge >= 0.3 is 13.8 Å². The number of ether oxygens (including phenoxy) is 2. The van der Waals surface area contributed by atoms with Crippen molar-refractivity contribution in [3.05, 3.63) is 33.6 Å². The fourth-order valence-electron chi connectivity index (χ4n) is 4.64. The topological polar surface area (TPSA) is 134 Å². The Labute approximate surface area is 232 Å². The van der Waals surface area contributed by atoms with E-state index >= 15 is 0 Å². The molecular weight excluding hydrogens is 586 g/mol. The number of hydrogen-bond donors (Lipinski definition) is 4. The minimum atomic E-state index is -5.27. The SMILES string of the molecule is CCC(CC)(CC1OC(c2cc3c(F)c(F)c(C(F)(F)F)nc3[nH]c2=S)C(O)C1O)OP(=O)(O)C(C)(CC)OC. The molecule has 2 aromatic rings. The van der Waals surface area contributed by atoms with E-state index in [9.17, 15) is 41.6 Å². The highest BCUT2D eigenvalue weighted by molar-refractivity contribution is 7.71. The van der Waals surface area contributed by atoms with E-state index in [1.165, 1.54) is 14.0 Å². The van der Waals surface area contributed by atoms with Crippen LogP contribution in [0.25, 0.3) is 11.0 Å². The minimum Gasteiger partial charge on any atom is -0.388 e. The molecule has 40 heavy (non-hydrogen) atoms. The molecule has 1 aliphatic heterocycles. The Morgan fingerprint density at radius 2 is 1.73 bits per heavy atom. The summed E-state index contributed by atoms with van der Waals surface area (Å²) < 4.78 is 98.0. The van der Waals surface area contributed by atoms with Crippen LogP contribution in [0.5, 0.6) is 0 Å². The predicted molar refractivity (Wildman–Crippen MR) is 136 cm³/mol. The molecule has 3 rings (SSSR count). The highest BCUT2D eigenvalue weighted by atomic mass is 32.1. The average molecular weight is 619 g/mol. The van der Waals surface area contributed by atoms with E-state index in [-0.39, 0.29) is 35.9 Å². The van der Waals surface area contributed by atoms with Gasteiger partial charge in [-0.3, -0.25) is 9.09 Å². The Hall–Kier alpha value is -1.58. The Balaban J connectivity index is 1.98. The molecule has 4 N–H and O–H groups in total. The first-order chi connectivity index (χ1) is 18.4. The van der Waals surface area contributed by atoms with Crippen molar-refractivity contribution in [1.29, 1.82) is 0 Å². The Kier molecular flexibility index (Phi) is 9.55. The molecule has 1 aliphatic rings. The van der Waals surface area contributed by atoms with E-state index in [0.717, 1.165) is 6.07 Å². The number of nitrogens with one attached hydrogen (secondary N) is 1. The van der Waals surface area contributed by atoms with E-state index in [2.05, 4.69) is 9.97 Å². The molecule has 0 aromatic carbocycles. The zero-order chi connectivity index (χ0) is 30.4. The van der Waals surface area contributed by atoms with E-state index in [1.807, 2.05) is 0 Å². The molecule has 2 aromatic heterocycles. The number of alkyl halides is 3. The van der Waals surface area contributed by atoms with Gasteiger partial charge in [-0.2, -0.15) is 13.2 Å². The number of aromatic amines is 1. The second kappa shape index (κ2) is 11.6. The fourth-order valence-corrected chi connectivity index (χ4v) is 6.59. The van der Waals surface area contributed by atoms with Crippen LogP contribution < -0.4 is 0 Å². The quantitative estimate of drug-likeness (QED) is 0.151. The molecule has 1 saturated heterocycles. The molecule has 226 valence electrons. The first-order valence-electron chi connectivity index (χ1n) is 12.5. The summed E-state index contributed by atoms with van der Waals surface area (Å²) in [6.45, 7) is 6.49. The van der Waals surface area contributed by atoms with Crippen LogP contribution in [-0.2, 0) is 24.7 Å². The van der Waals surface area contributed by atoms with Crippen LogP contribution in [0.4, 0.5) is 22.0 Å². The van der Waals surface area contributed by atoms with Gasteiger partial charge in [-0.05, 0) is 32.3 Å². The van der Waals surface area contributed by atoms with Gasteiger partial charge in [0.05, 0.1) is 17.1 Å². The van der Waals surface area contributed by atoms with E-state index in [0.29, 0.717) is 0 Å². The molecule has 6 atom stereocenters. The molecule has 0 saturated carbocycles. The van der Waals surface area contributed by atoms with Crippen molar-refractivity contribution in [2.45, 2.75) is 94.9 Å². The monoisotopic (exact) mass is 618 g/mol. The molecule has 3 heterocycles. The first kappa shape index (κ1) is 32.9. The maximum Gasteiger partial charge on any atom is 0.436 e. The van der Waals surface area contributed by atoms with Crippen LogP contribution in [0.15, 0.2) is 6.07 Å². The Morgan fingerprint density at radius 3 is 2.23 bits per heavy atom. The molecule has 0 bridgehead atoms. The number of fused-ring (bicyclic) bond motifs is 1. The normalized spacial score (nSPS) is 25.2. The zero-order valence-corrected chi connectivity index (χ0v) is 24.1. The Morgan fingerprint density at radius 1 is 1.12 bits per heavy atom. The van der Waals surface area contributed by atoms with Crippen molar-refractivity contribution in [3.8, 4) is 0 Å². The van der Waals surface area contributed by atoms with Gasteiger partial charge in [-0.15, -0.1) is 0 Å². The van der Waals surface area contributed by atoms with Crippen LogP contribution >= 0.6 is 19.8 Å². The van der Waals surface area contributed by atoms with E-state index in [1.54, 1.807) is 20.8 Å². The number of hydrogen-bond acceptors (Lipinski definition) is 8. The zero-order valence-electron chi connectivity index (χ0n) is 22.4. The molecule has 0 aliphatic carbocycles. The van der Waals surface area contributed by atoms with Crippen molar-refractivity contribution < 1.29 is 55.6 Å². The number of nitrogens with zero attached hydrogens (tertiary/aromatic N) is 1. The van der Waals surface area contributed by atoms with Crippen LogP contribution in [0.2, 0.25) is 0 Å². The number of rotatable bonds is 10. The largest absolute Gasteiger partial charge is 0.436 e. The second-order valence-electron chi connectivity index (χ2n) is 9.92. The lowest BCUT2D eigenvalue weighted by molar-refractivity contribution is -0.143.